The summed E-state index contributed by atoms with van der Waals surface area (Å²) in [6, 6.07) is 11.3. The van der Waals surface area contributed by atoms with E-state index in [-0.39, 0.29) is 6.42 Å². The molecule has 0 radical (unpaired) electrons. The van der Waals surface area contributed by atoms with Gasteiger partial charge in [0.2, 0.25) is 0 Å². The van der Waals surface area contributed by atoms with E-state index < -0.39 is 5.97 Å². The van der Waals surface area contributed by atoms with Gasteiger partial charge in [0.15, 0.2) is 0 Å². The Balaban J connectivity index is 1.97. The van der Waals surface area contributed by atoms with Crippen molar-refractivity contribution in [2.24, 2.45) is 0 Å². The maximum absolute atomic E-state index is 10.6. The zero-order chi connectivity index (χ0) is 13.7. The van der Waals surface area contributed by atoms with Gasteiger partial charge in [0, 0.05) is 16.8 Å². The normalized spacial score (nSPS) is 10.4. The second-order valence-corrected chi connectivity index (χ2v) is 5.36. The molecule has 1 heterocycles. The molecule has 19 heavy (non-hydrogen) atoms. The molecule has 1 aromatic carbocycles. The molecule has 0 aliphatic carbocycles. The van der Waals surface area contributed by atoms with Crippen molar-refractivity contribution in [3.05, 3.63) is 58.9 Å². The van der Waals surface area contributed by atoms with Gasteiger partial charge in [-0.1, -0.05) is 29.8 Å². The number of pyridine rings is 1. The Kier molecular flexibility index (Phi) is 4.82. The summed E-state index contributed by atoms with van der Waals surface area (Å²) in [7, 11) is 0. The summed E-state index contributed by atoms with van der Waals surface area (Å²) in [4.78, 5) is 15.7. The molecule has 0 aliphatic rings. The molecule has 2 rings (SSSR count). The van der Waals surface area contributed by atoms with Crippen molar-refractivity contribution in [3.63, 3.8) is 0 Å². The third-order valence-corrected chi connectivity index (χ3v) is 3.91. The van der Waals surface area contributed by atoms with Crippen LogP contribution in [0.4, 0.5) is 0 Å². The van der Waals surface area contributed by atoms with Crippen molar-refractivity contribution in [1.29, 1.82) is 0 Å². The number of nitrogens with zero attached hydrogens (tertiary/aromatic N) is 1. The number of aromatic nitrogens is 1. The molecule has 0 bridgehead atoms. The van der Waals surface area contributed by atoms with Gasteiger partial charge >= 0.3 is 5.97 Å². The topological polar surface area (TPSA) is 50.2 Å². The van der Waals surface area contributed by atoms with Crippen LogP contribution in [0.1, 0.15) is 11.1 Å². The van der Waals surface area contributed by atoms with E-state index in [2.05, 4.69) is 4.98 Å². The van der Waals surface area contributed by atoms with E-state index in [0.717, 1.165) is 21.8 Å². The molecule has 1 N–H and O–H groups in total. The van der Waals surface area contributed by atoms with Crippen LogP contribution in [-0.2, 0) is 17.0 Å². The van der Waals surface area contributed by atoms with E-state index in [9.17, 15) is 4.79 Å². The van der Waals surface area contributed by atoms with Gasteiger partial charge in [0.1, 0.15) is 5.15 Å². The van der Waals surface area contributed by atoms with Crippen molar-refractivity contribution in [2.75, 3.05) is 0 Å². The van der Waals surface area contributed by atoms with Crippen LogP contribution >= 0.6 is 23.4 Å². The number of carboxylic acid groups (broad SMARTS) is 1. The number of rotatable bonds is 5. The number of benzene rings is 1. The molecular weight excluding hydrogens is 282 g/mol. The van der Waals surface area contributed by atoms with E-state index in [0.29, 0.717) is 5.15 Å². The first-order valence-electron chi connectivity index (χ1n) is 5.68. The number of aliphatic carboxylic acids is 1. The van der Waals surface area contributed by atoms with Crippen molar-refractivity contribution < 1.29 is 9.90 Å². The van der Waals surface area contributed by atoms with Gasteiger partial charge in [-0.25, -0.2) is 4.98 Å². The summed E-state index contributed by atoms with van der Waals surface area (Å²) in [5.74, 6) is -0.0761. The minimum Gasteiger partial charge on any atom is -0.481 e. The van der Waals surface area contributed by atoms with Gasteiger partial charge in [-0.15, -0.1) is 11.8 Å². The zero-order valence-electron chi connectivity index (χ0n) is 10.0. The number of halogens is 1. The first-order valence-corrected chi connectivity index (χ1v) is 7.04. The SMILES string of the molecule is O=C(O)Cc1ccc(SCc2cccnc2Cl)cc1. The Morgan fingerprint density at radius 2 is 2.00 bits per heavy atom. The fraction of sp³-hybridized carbons (Fsp3) is 0.143. The zero-order valence-corrected chi connectivity index (χ0v) is 11.6. The number of carbonyl (C=O) groups is 1. The third-order valence-electron chi connectivity index (χ3n) is 2.51. The highest BCUT2D eigenvalue weighted by Gasteiger charge is 2.03. The number of carboxylic acids is 1. The Labute approximate surface area is 120 Å². The van der Waals surface area contributed by atoms with Crippen molar-refractivity contribution >= 4 is 29.3 Å². The molecule has 0 amide bonds. The molecule has 2 aromatic rings. The first-order chi connectivity index (χ1) is 9.15. The van der Waals surface area contributed by atoms with Crippen molar-refractivity contribution in [1.82, 2.24) is 4.98 Å². The molecule has 0 aliphatic heterocycles. The van der Waals surface area contributed by atoms with Crippen LogP contribution in [0.15, 0.2) is 47.5 Å². The summed E-state index contributed by atoms with van der Waals surface area (Å²) in [6.45, 7) is 0. The lowest BCUT2D eigenvalue weighted by Gasteiger charge is -2.04. The monoisotopic (exact) mass is 293 g/mol. The maximum atomic E-state index is 10.6. The molecule has 0 saturated heterocycles. The standard InChI is InChI=1S/C14H12ClNO2S/c15-14-11(2-1-7-16-14)9-19-12-5-3-10(4-6-12)8-13(17)18/h1-7H,8-9H2,(H,17,18). The second kappa shape index (κ2) is 6.59. The van der Waals surface area contributed by atoms with E-state index in [1.165, 1.54) is 0 Å². The molecule has 0 saturated carbocycles. The minimum absolute atomic E-state index is 0.0549. The molecule has 0 unspecified atom stereocenters. The van der Waals surface area contributed by atoms with Gasteiger partial charge < -0.3 is 5.11 Å². The molecule has 0 spiro atoms. The highest BCUT2D eigenvalue weighted by Crippen LogP contribution is 2.25. The van der Waals surface area contributed by atoms with Crippen LogP contribution in [0.2, 0.25) is 5.15 Å². The number of hydrogen-bond acceptors (Lipinski definition) is 3. The van der Waals surface area contributed by atoms with Crippen LogP contribution in [0.3, 0.4) is 0 Å². The molecule has 5 heteroatoms. The summed E-state index contributed by atoms with van der Waals surface area (Å²) in [5, 5.41) is 9.22. The average Bonchev–Trinajstić information content (AvgIpc) is 2.39. The predicted molar refractivity (Wildman–Crippen MR) is 76.6 cm³/mol. The summed E-state index contributed by atoms with van der Waals surface area (Å²) >= 11 is 7.63. The van der Waals surface area contributed by atoms with Gasteiger partial charge in [-0.2, -0.15) is 0 Å². The van der Waals surface area contributed by atoms with E-state index in [1.807, 2.05) is 36.4 Å². The highest BCUT2D eigenvalue weighted by molar-refractivity contribution is 7.98. The van der Waals surface area contributed by atoms with Crippen molar-refractivity contribution in [3.8, 4) is 0 Å². The number of thioether (sulfide) groups is 1. The molecule has 3 nitrogen and oxygen atoms in total. The van der Waals surface area contributed by atoms with Crippen molar-refractivity contribution in [2.45, 2.75) is 17.1 Å². The molecule has 1 aromatic heterocycles. The smallest absolute Gasteiger partial charge is 0.307 e. The third kappa shape index (κ3) is 4.26. The van der Waals surface area contributed by atoms with Gasteiger partial charge in [-0.05, 0) is 29.3 Å². The Bertz CT molecular complexity index is 572. The van der Waals surface area contributed by atoms with E-state index >= 15 is 0 Å². The quantitative estimate of drug-likeness (QED) is 0.675. The highest BCUT2D eigenvalue weighted by atomic mass is 35.5. The maximum Gasteiger partial charge on any atom is 0.307 e. The van der Waals surface area contributed by atoms with E-state index in [4.69, 9.17) is 16.7 Å². The summed E-state index contributed by atoms with van der Waals surface area (Å²) < 4.78 is 0. The summed E-state index contributed by atoms with van der Waals surface area (Å²) in [5.41, 5.74) is 1.79. The Morgan fingerprint density at radius 1 is 1.26 bits per heavy atom. The first kappa shape index (κ1) is 13.9. The predicted octanol–water partition coefficient (Wildman–Crippen LogP) is 3.65. The lowest BCUT2D eigenvalue weighted by Crippen LogP contribution is -1.99. The number of hydrogen-bond donors (Lipinski definition) is 1. The van der Waals surface area contributed by atoms with E-state index in [1.54, 1.807) is 18.0 Å². The molecule has 98 valence electrons. The second-order valence-electron chi connectivity index (χ2n) is 3.96. The summed E-state index contributed by atoms with van der Waals surface area (Å²) in [6.07, 6.45) is 1.72. The van der Waals surface area contributed by atoms with Crippen LogP contribution < -0.4 is 0 Å². The van der Waals surface area contributed by atoms with Gasteiger partial charge in [0.25, 0.3) is 0 Å². The van der Waals surface area contributed by atoms with Crippen LogP contribution in [0, 0.1) is 0 Å². The lowest BCUT2D eigenvalue weighted by atomic mass is 10.2. The molecular formula is C14H12ClNO2S. The van der Waals surface area contributed by atoms with Crippen LogP contribution in [0.25, 0.3) is 0 Å². The molecule has 0 atom stereocenters. The van der Waals surface area contributed by atoms with Gasteiger partial charge in [0.05, 0.1) is 6.42 Å². The van der Waals surface area contributed by atoms with Crippen LogP contribution in [-0.4, -0.2) is 16.1 Å². The largest absolute Gasteiger partial charge is 0.481 e. The fourth-order valence-corrected chi connectivity index (χ4v) is 2.72. The minimum atomic E-state index is -0.817. The Hall–Kier alpha value is -1.52. The Morgan fingerprint density at radius 3 is 2.63 bits per heavy atom. The average molecular weight is 294 g/mol. The lowest BCUT2D eigenvalue weighted by molar-refractivity contribution is -0.136. The fourth-order valence-electron chi connectivity index (χ4n) is 1.57. The van der Waals surface area contributed by atoms with Gasteiger partial charge in [-0.3, -0.25) is 4.79 Å². The van der Waals surface area contributed by atoms with Crippen LogP contribution in [0.5, 0.6) is 0 Å². The molecule has 0 fully saturated rings.